The first kappa shape index (κ1) is 14.2. The summed E-state index contributed by atoms with van der Waals surface area (Å²) in [4.78, 5) is 13.0. The van der Waals surface area contributed by atoms with Gasteiger partial charge >= 0.3 is 0 Å². The molecule has 0 unspecified atom stereocenters. The van der Waals surface area contributed by atoms with E-state index in [1.54, 1.807) is 12.4 Å². The monoisotopic (exact) mass is 271 g/mol. The molecule has 0 amide bonds. The molecule has 0 aliphatic carbocycles. The van der Waals surface area contributed by atoms with Crippen LogP contribution in [0, 0.1) is 6.92 Å². The Morgan fingerprint density at radius 1 is 1.15 bits per heavy atom. The average molecular weight is 271 g/mol. The number of nitrogens with zero attached hydrogens (tertiary/aromatic N) is 3. The number of nitrogen functional groups attached to an aromatic ring is 1. The van der Waals surface area contributed by atoms with Crippen LogP contribution < -0.4 is 11.1 Å². The van der Waals surface area contributed by atoms with E-state index in [4.69, 9.17) is 5.73 Å². The summed E-state index contributed by atoms with van der Waals surface area (Å²) in [5.74, 6) is 2.07. The predicted molar refractivity (Wildman–Crippen MR) is 81.4 cm³/mol. The molecule has 0 aliphatic heterocycles. The van der Waals surface area contributed by atoms with Crippen LogP contribution in [0.3, 0.4) is 0 Å². The lowest BCUT2D eigenvalue weighted by atomic mass is 9.95. The number of nitrogens with one attached hydrogen (secondary N) is 1. The minimum absolute atomic E-state index is 0.130. The van der Waals surface area contributed by atoms with Crippen LogP contribution in [0.15, 0.2) is 24.5 Å². The zero-order chi connectivity index (χ0) is 14.8. The van der Waals surface area contributed by atoms with Gasteiger partial charge in [0.2, 0.25) is 0 Å². The maximum Gasteiger partial charge on any atom is 0.138 e. The lowest BCUT2D eigenvalue weighted by molar-refractivity contribution is 0.546. The van der Waals surface area contributed by atoms with Crippen molar-refractivity contribution in [2.75, 3.05) is 11.1 Å². The average Bonchev–Trinajstić information content (AvgIpc) is 2.40. The lowest BCUT2D eigenvalue weighted by Crippen LogP contribution is -2.19. The number of hydrogen-bond acceptors (Lipinski definition) is 5. The highest BCUT2D eigenvalue weighted by atomic mass is 15.1. The van der Waals surface area contributed by atoms with Gasteiger partial charge in [-0.1, -0.05) is 20.8 Å². The van der Waals surface area contributed by atoms with Crippen LogP contribution in [-0.4, -0.2) is 15.0 Å². The van der Waals surface area contributed by atoms with E-state index in [-0.39, 0.29) is 5.41 Å². The molecule has 0 aromatic carbocycles. The van der Waals surface area contributed by atoms with Crippen LogP contribution in [0.1, 0.15) is 37.7 Å². The van der Waals surface area contributed by atoms with E-state index in [9.17, 15) is 0 Å². The van der Waals surface area contributed by atoms with Crippen molar-refractivity contribution in [1.82, 2.24) is 15.0 Å². The molecule has 0 saturated heterocycles. The van der Waals surface area contributed by atoms with Crippen molar-refractivity contribution < 1.29 is 0 Å². The summed E-state index contributed by atoms with van der Waals surface area (Å²) in [6, 6.07) is 3.94. The molecular formula is C15H21N5. The molecule has 0 spiro atoms. The minimum atomic E-state index is -0.130. The third-order valence-electron chi connectivity index (χ3n) is 3.06. The minimum Gasteiger partial charge on any atom is -0.383 e. The second kappa shape index (κ2) is 5.45. The quantitative estimate of drug-likeness (QED) is 0.897. The number of hydrogen-bond donors (Lipinski definition) is 2. The standard InChI is InChI=1S/C15H21N5/c1-10-12(16)19-14(15(2,3)4)20-13(10)18-9-11-5-7-17-8-6-11/h5-8H,9H2,1-4H3,(H3,16,18,19,20). The molecule has 3 N–H and O–H groups in total. The summed E-state index contributed by atoms with van der Waals surface area (Å²) >= 11 is 0. The van der Waals surface area contributed by atoms with Gasteiger partial charge in [-0.3, -0.25) is 4.98 Å². The van der Waals surface area contributed by atoms with Crippen molar-refractivity contribution in [3.8, 4) is 0 Å². The van der Waals surface area contributed by atoms with Crippen LogP contribution in [-0.2, 0) is 12.0 Å². The molecule has 0 saturated carbocycles. The Bertz CT molecular complexity index is 587. The fourth-order valence-electron chi connectivity index (χ4n) is 1.73. The molecule has 20 heavy (non-hydrogen) atoms. The molecule has 0 radical (unpaired) electrons. The summed E-state index contributed by atoms with van der Waals surface area (Å²) in [7, 11) is 0. The van der Waals surface area contributed by atoms with Crippen molar-refractivity contribution in [1.29, 1.82) is 0 Å². The van der Waals surface area contributed by atoms with Gasteiger partial charge in [-0.05, 0) is 24.6 Å². The summed E-state index contributed by atoms with van der Waals surface area (Å²) in [6.45, 7) is 8.83. The fraction of sp³-hybridized carbons (Fsp3) is 0.400. The van der Waals surface area contributed by atoms with Crippen molar-refractivity contribution in [2.24, 2.45) is 0 Å². The smallest absolute Gasteiger partial charge is 0.138 e. The van der Waals surface area contributed by atoms with Gasteiger partial charge < -0.3 is 11.1 Å². The van der Waals surface area contributed by atoms with E-state index in [0.29, 0.717) is 12.4 Å². The van der Waals surface area contributed by atoms with Crippen molar-refractivity contribution in [2.45, 2.75) is 39.7 Å². The van der Waals surface area contributed by atoms with Crippen molar-refractivity contribution >= 4 is 11.6 Å². The van der Waals surface area contributed by atoms with Gasteiger partial charge in [0.1, 0.15) is 17.5 Å². The Kier molecular flexibility index (Phi) is 3.88. The number of aromatic nitrogens is 3. The molecule has 5 heteroatoms. The Hall–Kier alpha value is -2.17. The predicted octanol–water partition coefficient (Wildman–Crippen LogP) is 2.67. The second-order valence-corrected chi connectivity index (χ2v) is 5.87. The first-order chi connectivity index (χ1) is 9.38. The van der Waals surface area contributed by atoms with Gasteiger partial charge in [-0.25, -0.2) is 9.97 Å². The summed E-state index contributed by atoms with van der Waals surface area (Å²) in [5.41, 5.74) is 7.88. The van der Waals surface area contributed by atoms with Crippen molar-refractivity contribution in [3.63, 3.8) is 0 Å². The molecular weight excluding hydrogens is 250 g/mol. The van der Waals surface area contributed by atoms with E-state index >= 15 is 0 Å². The molecule has 2 aromatic heterocycles. The second-order valence-electron chi connectivity index (χ2n) is 5.87. The molecule has 2 rings (SSSR count). The molecule has 5 nitrogen and oxygen atoms in total. The van der Waals surface area contributed by atoms with Crippen molar-refractivity contribution in [3.05, 3.63) is 41.5 Å². The van der Waals surface area contributed by atoms with E-state index in [1.165, 1.54) is 0 Å². The molecule has 2 heterocycles. The van der Waals surface area contributed by atoms with Gasteiger partial charge in [-0.15, -0.1) is 0 Å². The number of anilines is 2. The van der Waals surface area contributed by atoms with Crippen LogP contribution in [0.4, 0.5) is 11.6 Å². The third kappa shape index (κ3) is 3.23. The SMILES string of the molecule is Cc1c(N)nc(C(C)(C)C)nc1NCc1ccncc1. The molecule has 0 fully saturated rings. The van der Waals surface area contributed by atoms with Crippen LogP contribution in [0.2, 0.25) is 0 Å². The van der Waals surface area contributed by atoms with Crippen LogP contribution >= 0.6 is 0 Å². The Morgan fingerprint density at radius 2 is 1.80 bits per heavy atom. The largest absolute Gasteiger partial charge is 0.383 e. The highest BCUT2D eigenvalue weighted by molar-refractivity contribution is 5.55. The van der Waals surface area contributed by atoms with Gasteiger partial charge in [0, 0.05) is 29.9 Å². The first-order valence-corrected chi connectivity index (χ1v) is 6.65. The van der Waals surface area contributed by atoms with E-state index in [0.717, 1.165) is 22.8 Å². The van der Waals surface area contributed by atoms with Gasteiger partial charge in [0.05, 0.1) is 0 Å². The normalized spacial score (nSPS) is 11.4. The summed E-state index contributed by atoms with van der Waals surface area (Å²) in [5, 5.41) is 3.32. The molecule has 0 atom stereocenters. The van der Waals surface area contributed by atoms with E-state index < -0.39 is 0 Å². The highest BCUT2D eigenvalue weighted by Gasteiger charge is 2.20. The molecule has 106 valence electrons. The lowest BCUT2D eigenvalue weighted by Gasteiger charge is -2.19. The zero-order valence-corrected chi connectivity index (χ0v) is 12.4. The zero-order valence-electron chi connectivity index (χ0n) is 12.4. The Balaban J connectivity index is 2.25. The van der Waals surface area contributed by atoms with E-state index in [1.807, 2.05) is 19.1 Å². The number of nitrogens with two attached hydrogens (primary N) is 1. The molecule has 0 bridgehead atoms. The number of pyridine rings is 1. The van der Waals surface area contributed by atoms with Crippen LogP contribution in [0.5, 0.6) is 0 Å². The highest BCUT2D eigenvalue weighted by Crippen LogP contribution is 2.24. The maximum atomic E-state index is 5.99. The summed E-state index contributed by atoms with van der Waals surface area (Å²) < 4.78 is 0. The number of rotatable bonds is 3. The van der Waals surface area contributed by atoms with E-state index in [2.05, 4.69) is 41.0 Å². The third-order valence-corrected chi connectivity index (χ3v) is 3.06. The first-order valence-electron chi connectivity index (χ1n) is 6.65. The van der Waals surface area contributed by atoms with Crippen LogP contribution in [0.25, 0.3) is 0 Å². The van der Waals surface area contributed by atoms with Gasteiger partial charge in [-0.2, -0.15) is 0 Å². The topological polar surface area (TPSA) is 76.7 Å². The molecule has 0 aliphatic rings. The maximum absolute atomic E-state index is 5.99. The Labute approximate surface area is 119 Å². The van der Waals surface area contributed by atoms with Gasteiger partial charge in [0.25, 0.3) is 0 Å². The Morgan fingerprint density at radius 3 is 2.40 bits per heavy atom. The summed E-state index contributed by atoms with van der Waals surface area (Å²) in [6.07, 6.45) is 3.55. The molecule has 2 aromatic rings. The fourth-order valence-corrected chi connectivity index (χ4v) is 1.73. The van der Waals surface area contributed by atoms with Gasteiger partial charge in [0.15, 0.2) is 0 Å².